The van der Waals surface area contributed by atoms with Gasteiger partial charge in [-0.15, -0.1) is 0 Å². The molecule has 2 saturated carbocycles. The predicted octanol–water partition coefficient (Wildman–Crippen LogP) is 10.5. The Morgan fingerprint density at radius 1 is 0.603 bits per heavy atom. The van der Waals surface area contributed by atoms with Crippen molar-refractivity contribution in [3.05, 3.63) is 109 Å². The van der Waals surface area contributed by atoms with Crippen molar-refractivity contribution in [1.82, 2.24) is 40.0 Å². The van der Waals surface area contributed by atoms with E-state index in [1.165, 1.54) is 60.1 Å². The third-order valence-electron chi connectivity index (χ3n) is 13.7. The van der Waals surface area contributed by atoms with Crippen molar-refractivity contribution in [2.75, 3.05) is 24.6 Å². The Bertz CT molecular complexity index is 2230. The molecule has 68 heavy (non-hydrogen) atoms. The van der Waals surface area contributed by atoms with Crippen molar-refractivity contribution < 1.29 is 28.7 Å². The molecule has 0 bridgehead atoms. The molecule has 4 amide bonds. The fraction of sp³-hybridized carbons (Fsp3) is 0.500. The summed E-state index contributed by atoms with van der Waals surface area (Å²) in [5.74, 6) is 1.23. The highest BCUT2D eigenvalue weighted by Crippen LogP contribution is 2.41. The average Bonchev–Trinajstić information content (AvgIpc) is 3.99. The lowest BCUT2D eigenvalue weighted by molar-refractivity contribution is -0.137. The molecule has 4 aliphatic rings. The molecule has 4 atom stereocenters. The van der Waals surface area contributed by atoms with Gasteiger partial charge in [0.15, 0.2) is 0 Å². The topological polar surface area (TPSA) is 153 Å². The van der Waals surface area contributed by atoms with Crippen LogP contribution in [-0.4, -0.2) is 90.0 Å². The van der Waals surface area contributed by atoms with Crippen LogP contribution in [0.3, 0.4) is 0 Å². The minimum atomic E-state index is -0.965. The first kappa shape index (κ1) is 49.0. The highest BCUT2D eigenvalue weighted by atomic mass is 33.1. The van der Waals surface area contributed by atoms with E-state index < -0.39 is 24.3 Å². The van der Waals surface area contributed by atoms with E-state index in [1.54, 1.807) is 13.8 Å². The first-order chi connectivity index (χ1) is 33.0. The van der Waals surface area contributed by atoms with Crippen LogP contribution in [0, 0.1) is 11.8 Å². The van der Waals surface area contributed by atoms with Gasteiger partial charge in [-0.25, -0.2) is 9.59 Å². The molecule has 0 radical (unpaired) electrons. The lowest BCUT2D eigenvalue weighted by Crippen LogP contribution is -2.54. The molecule has 2 aliphatic heterocycles. The van der Waals surface area contributed by atoms with Crippen LogP contribution in [0.5, 0.6) is 0 Å². The number of rotatable bonds is 17. The molecule has 2 aromatic heterocycles. The minimum Gasteiger partial charge on any atom is -0.416 e. The summed E-state index contributed by atoms with van der Waals surface area (Å²) in [4.78, 5) is 60.3. The lowest BCUT2D eigenvalue weighted by Gasteiger charge is -2.40. The molecule has 14 nitrogen and oxygen atoms in total. The van der Waals surface area contributed by atoms with Crippen LogP contribution in [0.2, 0.25) is 0 Å². The molecule has 2 fully saturated rings. The monoisotopic (exact) mass is 962 g/mol. The summed E-state index contributed by atoms with van der Waals surface area (Å²) in [5.41, 5.74) is 5.75. The molecule has 4 aromatic rings. The maximum absolute atomic E-state index is 15.0. The Labute approximate surface area is 408 Å². The zero-order valence-electron chi connectivity index (χ0n) is 39.5. The van der Waals surface area contributed by atoms with Crippen LogP contribution < -0.4 is 10.6 Å². The van der Waals surface area contributed by atoms with Gasteiger partial charge < -0.3 is 29.9 Å². The number of aromatic nitrogens is 4. The normalized spacial score (nSPS) is 19.5. The molecule has 0 saturated heterocycles. The van der Waals surface area contributed by atoms with Gasteiger partial charge in [0.05, 0.1) is 59.5 Å². The summed E-state index contributed by atoms with van der Waals surface area (Å²) in [5, 5.41) is 15.7. The number of fused-ring (bicyclic) bond motifs is 2. The molecular weight excluding hydrogens is 897 g/mol. The number of nitrogens with one attached hydrogen (secondary N) is 2. The second kappa shape index (κ2) is 23.2. The van der Waals surface area contributed by atoms with Crippen LogP contribution in [-0.2, 0) is 32.2 Å². The van der Waals surface area contributed by atoms with Gasteiger partial charge in [0.1, 0.15) is 12.1 Å². The summed E-state index contributed by atoms with van der Waals surface area (Å²) >= 11 is 0. The van der Waals surface area contributed by atoms with Gasteiger partial charge in [0, 0.05) is 35.7 Å². The van der Waals surface area contributed by atoms with E-state index in [2.05, 4.69) is 35.9 Å². The Morgan fingerprint density at radius 3 is 1.35 bits per heavy atom. The number of alkyl carbamates (subject to hydrolysis) is 2. The lowest BCUT2D eigenvalue weighted by atomic mass is 9.83. The molecule has 362 valence electrons. The Morgan fingerprint density at radius 2 is 0.985 bits per heavy atom. The molecular formula is C52H66N8O6S2. The third-order valence-corrected chi connectivity index (χ3v) is 16.1. The summed E-state index contributed by atoms with van der Waals surface area (Å²) in [6, 6.07) is 22.0. The Hall–Kier alpha value is -5.48. The van der Waals surface area contributed by atoms with Gasteiger partial charge in [-0.3, -0.25) is 19.0 Å². The predicted molar refractivity (Wildman–Crippen MR) is 268 cm³/mol. The number of benzene rings is 2. The minimum absolute atomic E-state index is 0.169. The van der Waals surface area contributed by atoms with E-state index in [-0.39, 0.29) is 46.9 Å². The number of ether oxygens (including phenoxy) is 2. The van der Waals surface area contributed by atoms with Gasteiger partial charge in [-0.1, -0.05) is 160 Å². The maximum atomic E-state index is 15.0. The van der Waals surface area contributed by atoms with Crippen molar-refractivity contribution >= 4 is 45.6 Å². The van der Waals surface area contributed by atoms with E-state index >= 15 is 0 Å². The van der Waals surface area contributed by atoms with Crippen molar-refractivity contribution in [1.29, 1.82) is 0 Å². The van der Waals surface area contributed by atoms with Gasteiger partial charge in [0.2, 0.25) is 11.8 Å². The number of allylic oxidation sites excluding steroid dienone is 2. The van der Waals surface area contributed by atoms with Gasteiger partial charge >= 0.3 is 12.2 Å². The van der Waals surface area contributed by atoms with E-state index in [0.29, 0.717) is 38.0 Å². The van der Waals surface area contributed by atoms with Crippen LogP contribution in [0.1, 0.15) is 114 Å². The molecule has 4 heterocycles. The van der Waals surface area contributed by atoms with Crippen LogP contribution in [0.4, 0.5) is 9.59 Å². The van der Waals surface area contributed by atoms with E-state index in [0.717, 1.165) is 72.4 Å². The van der Waals surface area contributed by atoms with Crippen LogP contribution in [0.25, 0.3) is 22.5 Å². The maximum Gasteiger partial charge on any atom is 0.412 e. The van der Waals surface area contributed by atoms with Gasteiger partial charge in [0.25, 0.3) is 0 Å². The summed E-state index contributed by atoms with van der Waals surface area (Å²) < 4.78 is 14.8. The van der Waals surface area contributed by atoms with E-state index in [1.807, 2.05) is 79.8 Å². The molecule has 2 unspecified atom stereocenters. The molecule has 2 N–H and O–H groups in total. The van der Waals surface area contributed by atoms with Gasteiger partial charge in [-0.2, -0.15) is 10.2 Å². The first-order valence-corrected chi connectivity index (χ1v) is 26.9. The molecule has 2 aromatic carbocycles. The van der Waals surface area contributed by atoms with Crippen molar-refractivity contribution in [3.63, 3.8) is 0 Å². The summed E-state index contributed by atoms with van der Waals surface area (Å²) in [7, 11) is 2.71. The second-order valence-corrected chi connectivity index (χ2v) is 21.4. The molecule has 16 heteroatoms. The fourth-order valence-corrected chi connectivity index (χ4v) is 12.7. The molecule has 8 rings (SSSR count). The number of amides is 4. The Balaban J connectivity index is 1.01. The summed E-state index contributed by atoms with van der Waals surface area (Å²) in [6.45, 7) is 12.5. The number of hydrogen-bond donors (Lipinski definition) is 2. The van der Waals surface area contributed by atoms with Crippen molar-refractivity contribution in [3.8, 4) is 22.5 Å². The summed E-state index contributed by atoms with van der Waals surface area (Å²) in [6.07, 6.45) is 11.7. The van der Waals surface area contributed by atoms with Crippen LogP contribution >= 0.6 is 21.6 Å². The third kappa shape index (κ3) is 12.4. The quantitative estimate of drug-likeness (QED) is 0.0594. The largest absolute Gasteiger partial charge is 0.416 e. The van der Waals surface area contributed by atoms with Crippen molar-refractivity contribution in [2.24, 2.45) is 11.8 Å². The van der Waals surface area contributed by atoms with Crippen molar-refractivity contribution in [2.45, 2.75) is 128 Å². The number of nitrogens with zero attached hydrogens (tertiary/aromatic N) is 6. The SMILES string of the molecule is C=C(C)OC(=O)N[C@@H](CSSC[C@H](NC(=O)OC(=C)C)C(=O)N1CCn2nc(-c3ccccc3)cc2C1CC1CCCCC1)C(=O)N1CCn2nc(-c3ccccc3)cc2C1CC1CCCCC1. The Kier molecular flexibility index (Phi) is 16.7. The highest BCUT2D eigenvalue weighted by Gasteiger charge is 2.40. The first-order valence-electron chi connectivity index (χ1n) is 24.4. The molecule has 2 aliphatic carbocycles. The average molecular weight is 963 g/mol. The second-order valence-electron chi connectivity index (χ2n) is 18.8. The fourth-order valence-electron chi connectivity index (χ4n) is 10.4. The highest BCUT2D eigenvalue weighted by molar-refractivity contribution is 8.76. The zero-order chi connectivity index (χ0) is 47.6. The van der Waals surface area contributed by atoms with E-state index in [4.69, 9.17) is 19.7 Å². The zero-order valence-corrected chi connectivity index (χ0v) is 41.1. The smallest absolute Gasteiger partial charge is 0.412 e. The standard InChI is InChI=1S/C52H66N8O6S2/c1-35(2)65-51(63)53-43(49(61)57-25-27-59-47(45(57)29-37-17-9-5-10-18-37)31-41(55-59)39-21-13-7-14-22-39)33-67-68-34-44(54-52(64)66-36(3)4)50(62)58-26-28-60-48(46(58)30-38-19-11-6-12-20-38)32-42(56-60)40-23-15-8-16-24-40/h7-8,13-16,21-24,31-32,37-38,43-46H,1,3,5-6,9-12,17-20,25-30,33-34H2,2,4H3,(H,53,63)(H,54,64)/t43-,44-,45?,46?/m0/s1. The molecule has 0 spiro atoms. The van der Waals surface area contributed by atoms with E-state index in [9.17, 15) is 19.2 Å². The number of carbonyl (C=O) groups is 4. The number of carbonyl (C=O) groups excluding carboxylic acids is 4. The van der Waals surface area contributed by atoms with Crippen LogP contribution in [0.15, 0.2) is 97.5 Å². The van der Waals surface area contributed by atoms with Gasteiger partial charge in [-0.05, 0) is 50.7 Å². The number of hydrogen-bond acceptors (Lipinski definition) is 10.